The molecule has 0 aliphatic carbocycles. The van der Waals surface area contributed by atoms with E-state index in [4.69, 9.17) is 4.74 Å². The van der Waals surface area contributed by atoms with Crippen molar-refractivity contribution in [2.24, 2.45) is 0 Å². The second-order valence-electron chi connectivity index (χ2n) is 6.84. The van der Waals surface area contributed by atoms with Crippen molar-refractivity contribution >= 4 is 11.5 Å². The standard InChI is InChI=1S/C17H26N6O/c1-14-18-19-16-5-6-17(20-23(14)16)22-10-7-15(13-22)24-12-11-21-8-3-2-4-9-21/h5-6,15H,2-4,7-13H2,1H3. The van der Waals surface area contributed by atoms with Gasteiger partial charge in [0, 0.05) is 19.6 Å². The molecule has 2 aliphatic rings. The third kappa shape index (κ3) is 3.37. The molecule has 130 valence electrons. The third-order valence-electron chi connectivity index (χ3n) is 5.08. The van der Waals surface area contributed by atoms with Gasteiger partial charge in [-0.15, -0.1) is 15.3 Å². The second-order valence-corrected chi connectivity index (χ2v) is 6.84. The Hall–Kier alpha value is -1.73. The van der Waals surface area contributed by atoms with Crippen LogP contribution in [-0.2, 0) is 4.74 Å². The lowest BCUT2D eigenvalue weighted by atomic mass is 10.1. The number of aryl methyl sites for hydroxylation is 1. The number of nitrogens with zero attached hydrogens (tertiary/aromatic N) is 6. The van der Waals surface area contributed by atoms with E-state index in [1.807, 2.05) is 19.1 Å². The molecule has 2 aromatic rings. The zero-order chi connectivity index (χ0) is 16.4. The fourth-order valence-electron chi connectivity index (χ4n) is 3.66. The number of hydrogen-bond donors (Lipinski definition) is 0. The summed E-state index contributed by atoms with van der Waals surface area (Å²) >= 11 is 0. The molecule has 0 aromatic carbocycles. The minimum atomic E-state index is 0.314. The van der Waals surface area contributed by atoms with Crippen molar-refractivity contribution in [2.75, 3.05) is 44.2 Å². The number of rotatable bonds is 5. The number of fused-ring (bicyclic) bond motifs is 1. The Bertz CT molecular complexity index is 681. The number of likely N-dealkylation sites (tertiary alicyclic amines) is 1. The van der Waals surface area contributed by atoms with E-state index < -0.39 is 0 Å². The van der Waals surface area contributed by atoms with Gasteiger partial charge in [-0.3, -0.25) is 0 Å². The van der Waals surface area contributed by atoms with Crippen molar-refractivity contribution in [1.29, 1.82) is 0 Å². The van der Waals surface area contributed by atoms with Gasteiger partial charge >= 0.3 is 0 Å². The predicted octanol–water partition coefficient (Wildman–Crippen LogP) is 1.51. The van der Waals surface area contributed by atoms with Crippen LogP contribution in [0.2, 0.25) is 0 Å². The summed E-state index contributed by atoms with van der Waals surface area (Å²) in [4.78, 5) is 4.82. The van der Waals surface area contributed by atoms with Gasteiger partial charge in [0.2, 0.25) is 0 Å². The monoisotopic (exact) mass is 330 g/mol. The van der Waals surface area contributed by atoms with Crippen molar-refractivity contribution in [2.45, 2.75) is 38.7 Å². The van der Waals surface area contributed by atoms with Gasteiger partial charge in [-0.1, -0.05) is 6.42 Å². The number of hydrogen-bond acceptors (Lipinski definition) is 6. The van der Waals surface area contributed by atoms with E-state index in [-0.39, 0.29) is 0 Å². The van der Waals surface area contributed by atoms with Crippen molar-refractivity contribution in [3.8, 4) is 0 Å². The van der Waals surface area contributed by atoms with Crippen LogP contribution in [0.25, 0.3) is 5.65 Å². The highest BCUT2D eigenvalue weighted by molar-refractivity contribution is 5.46. The molecule has 24 heavy (non-hydrogen) atoms. The van der Waals surface area contributed by atoms with Gasteiger partial charge in [-0.25, -0.2) is 0 Å². The number of aromatic nitrogens is 4. The molecule has 0 N–H and O–H groups in total. The van der Waals surface area contributed by atoms with Crippen molar-refractivity contribution < 1.29 is 4.74 Å². The highest BCUT2D eigenvalue weighted by atomic mass is 16.5. The first kappa shape index (κ1) is 15.8. The van der Waals surface area contributed by atoms with Gasteiger partial charge in [-0.05, 0) is 51.4 Å². The Labute approximate surface area is 142 Å². The van der Waals surface area contributed by atoms with Gasteiger partial charge in [-0.2, -0.15) is 4.52 Å². The number of piperidine rings is 1. The topological polar surface area (TPSA) is 58.8 Å². The van der Waals surface area contributed by atoms with Crippen LogP contribution in [0, 0.1) is 6.92 Å². The van der Waals surface area contributed by atoms with Gasteiger partial charge < -0.3 is 14.5 Å². The molecule has 7 nitrogen and oxygen atoms in total. The fourth-order valence-corrected chi connectivity index (χ4v) is 3.66. The molecule has 2 aromatic heterocycles. The average Bonchev–Trinajstić information content (AvgIpc) is 3.23. The first-order chi connectivity index (χ1) is 11.8. The van der Waals surface area contributed by atoms with E-state index in [1.165, 1.54) is 32.4 Å². The van der Waals surface area contributed by atoms with Crippen molar-refractivity contribution in [3.63, 3.8) is 0 Å². The molecule has 0 spiro atoms. The number of ether oxygens (including phenoxy) is 1. The van der Waals surface area contributed by atoms with E-state index in [1.54, 1.807) is 4.52 Å². The highest BCUT2D eigenvalue weighted by Crippen LogP contribution is 2.20. The highest BCUT2D eigenvalue weighted by Gasteiger charge is 2.25. The van der Waals surface area contributed by atoms with Crippen LogP contribution < -0.4 is 4.90 Å². The van der Waals surface area contributed by atoms with Crippen LogP contribution in [0.4, 0.5) is 5.82 Å². The van der Waals surface area contributed by atoms with Gasteiger partial charge in [0.1, 0.15) is 5.82 Å². The smallest absolute Gasteiger partial charge is 0.178 e. The van der Waals surface area contributed by atoms with Crippen LogP contribution in [0.5, 0.6) is 0 Å². The van der Waals surface area contributed by atoms with Crippen molar-refractivity contribution in [1.82, 2.24) is 24.7 Å². The average molecular weight is 330 g/mol. The van der Waals surface area contributed by atoms with Gasteiger partial charge in [0.25, 0.3) is 0 Å². The summed E-state index contributed by atoms with van der Waals surface area (Å²) in [6, 6.07) is 4.01. The van der Waals surface area contributed by atoms with Crippen molar-refractivity contribution in [3.05, 3.63) is 18.0 Å². The van der Waals surface area contributed by atoms with Crippen LogP contribution in [0.1, 0.15) is 31.5 Å². The molecule has 0 bridgehead atoms. The summed E-state index contributed by atoms with van der Waals surface area (Å²) in [5.41, 5.74) is 0.796. The molecule has 2 fully saturated rings. The van der Waals surface area contributed by atoms with Gasteiger partial charge in [0.05, 0.1) is 12.7 Å². The van der Waals surface area contributed by atoms with Crippen LogP contribution >= 0.6 is 0 Å². The Morgan fingerprint density at radius 3 is 2.88 bits per heavy atom. The Morgan fingerprint density at radius 1 is 1.12 bits per heavy atom. The molecule has 4 heterocycles. The lowest BCUT2D eigenvalue weighted by Gasteiger charge is -2.26. The summed E-state index contributed by atoms with van der Waals surface area (Å²) in [7, 11) is 0. The van der Waals surface area contributed by atoms with Crippen LogP contribution in [-0.4, -0.2) is 70.1 Å². The zero-order valence-corrected chi connectivity index (χ0v) is 14.4. The summed E-state index contributed by atoms with van der Waals surface area (Å²) < 4.78 is 7.92. The fraction of sp³-hybridized carbons (Fsp3) is 0.706. The molecule has 2 saturated heterocycles. The minimum Gasteiger partial charge on any atom is -0.375 e. The normalized spacial score (nSPS) is 22.5. The first-order valence-corrected chi connectivity index (χ1v) is 9.07. The summed E-state index contributed by atoms with van der Waals surface area (Å²) in [5, 5.41) is 12.8. The third-order valence-corrected chi connectivity index (χ3v) is 5.08. The lowest BCUT2D eigenvalue weighted by Crippen LogP contribution is -2.34. The zero-order valence-electron chi connectivity index (χ0n) is 14.4. The van der Waals surface area contributed by atoms with E-state index in [0.717, 1.165) is 50.0 Å². The van der Waals surface area contributed by atoms with E-state index >= 15 is 0 Å². The molecular weight excluding hydrogens is 304 g/mol. The number of anilines is 1. The van der Waals surface area contributed by atoms with Gasteiger partial charge in [0.15, 0.2) is 11.5 Å². The van der Waals surface area contributed by atoms with Crippen LogP contribution in [0.15, 0.2) is 12.1 Å². The van der Waals surface area contributed by atoms with E-state index in [0.29, 0.717) is 6.10 Å². The summed E-state index contributed by atoms with van der Waals surface area (Å²) in [6.07, 6.45) is 5.45. The maximum Gasteiger partial charge on any atom is 0.178 e. The first-order valence-electron chi connectivity index (χ1n) is 9.07. The minimum absolute atomic E-state index is 0.314. The maximum absolute atomic E-state index is 6.11. The summed E-state index contributed by atoms with van der Waals surface area (Å²) in [6.45, 7) is 8.22. The second kappa shape index (κ2) is 7.03. The Kier molecular flexibility index (Phi) is 4.62. The van der Waals surface area contributed by atoms with E-state index in [2.05, 4.69) is 25.1 Å². The quantitative estimate of drug-likeness (QED) is 0.828. The molecule has 1 unspecified atom stereocenters. The predicted molar refractivity (Wildman–Crippen MR) is 92.4 cm³/mol. The molecule has 1 atom stereocenters. The molecule has 0 amide bonds. The molecule has 2 aliphatic heterocycles. The lowest BCUT2D eigenvalue weighted by molar-refractivity contribution is 0.0467. The molecule has 4 rings (SSSR count). The SMILES string of the molecule is Cc1nnc2ccc(N3CCC(OCCN4CCCCC4)C3)nn12. The molecular formula is C17H26N6O. The van der Waals surface area contributed by atoms with Crippen LogP contribution in [0.3, 0.4) is 0 Å². The molecule has 7 heteroatoms. The molecule has 0 saturated carbocycles. The van der Waals surface area contributed by atoms with E-state index in [9.17, 15) is 0 Å². The Morgan fingerprint density at radius 2 is 2.00 bits per heavy atom. The maximum atomic E-state index is 6.11. The largest absolute Gasteiger partial charge is 0.375 e. The summed E-state index contributed by atoms with van der Waals surface area (Å²) in [5.74, 6) is 1.80. The molecule has 0 radical (unpaired) electrons. The Balaban J connectivity index is 1.29.